The Labute approximate surface area is 166 Å². The Balaban J connectivity index is 1.98. The number of aromatic carboxylic acids is 1. The molecule has 1 N–H and O–H groups in total. The van der Waals surface area contributed by atoms with E-state index in [0.29, 0.717) is 11.3 Å². The van der Waals surface area contributed by atoms with Gasteiger partial charge in [-0.05, 0) is 52.3 Å². The summed E-state index contributed by atoms with van der Waals surface area (Å²) < 4.78 is 25.1. The van der Waals surface area contributed by atoms with Crippen LogP contribution in [0.3, 0.4) is 0 Å². The maximum atomic E-state index is 12.6. The minimum Gasteiger partial charge on any atom is -0.478 e. The van der Waals surface area contributed by atoms with Gasteiger partial charge in [-0.15, -0.1) is 0 Å². The summed E-state index contributed by atoms with van der Waals surface area (Å²) in [7, 11) is -3.30. The number of hydrogen-bond donors (Lipinski definition) is 1. The third-order valence-corrected chi connectivity index (χ3v) is 6.99. The van der Waals surface area contributed by atoms with Crippen molar-refractivity contribution >= 4 is 32.9 Å². The molecule has 28 heavy (non-hydrogen) atoms. The van der Waals surface area contributed by atoms with Gasteiger partial charge in [-0.3, -0.25) is 0 Å². The van der Waals surface area contributed by atoms with Crippen LogP contribution < -0.4 is 0 Å². The van der Waals surface area contributed by atoms with E-state index in [0.717, 1.165) is 22.3 Å². The highest BCUT2D eigenvalue weighted by Gasteiger charge is 2.32. The van der Waals surface area contributed by atoms with Crippen molar-refractivity contribution in [2.45, 2.75) is 32.6 Å². The fraction of sp³-hybridized carbons (Fsp3) is 0.261. The average molecular weight is 397 g/mol. The smallest absolute Gasteiger partial charge is 0.335 e. The van der Waals surface area contributed by atoms with Gasteiger partial charge in [0.05, 0.1) is 16.2 Å². The number of carbonyl (C=O) groups is 1. The first-order chi connectivity index (χ1) is 13.1. The summed E-state index contributed by atoms with van der Waals surface area (Å²) in [4.78, 5) is 11.4. The zero-order chi connectivity index (χ0) is 20.5. The van der Waals surface area contributed by atoms with Crippen LogP contribution in [0.2, 0.25) is 0 Å². The van der Waals surface area contributed by atoms with Gasteiger partial charge in [0.15, 0.2) is 9.84 Å². The van der Waals surface area contributed by atoms with Crippen LogP contribution >= 0.6 is 0 Å². The molecule has 0 saturated heterocycles. The topological polar surface area (TPSA) is 71.4 Å². The molecule has 0 amide bonds. The second-order valence-corrected chi connectivity index (χ2v) is 9.87. The normalized spacial score (nSPS) is 15.9. The zero-order valence-electron chi connectivity index (χ0n) is 16.3. The number of carboxylic acid groups (broad SMARTS) is 1. The Kier molecular flexibility index (Phi) is 5.31. The van der Waals surface area contributed by atoms with Gasteiger partial charge in [0.2, 0.25) is 0 Å². The molecule has 4 nitrogen and oxygen atoms in total. The van der Waals surface area contributed by atoms with Crippen LogP contribution in [0.4, 0.5) is 0 Å². The van der Waals surface area contributed by atoms with E-state index in [1.165, 1.54) is 0 Å². The van der Waals surface area contributed by atoms with Crippen molar-refractivity contribution in [1.82, 2.24) is 0 Å². The maximum Gasteiger partial charge on any atom is 0.335 e. The van der Waals surface area contributed by atoms with Crippen molar-refractivity contribution in [2.24, 2.45) is 0 Å². The summed E-state index contributed by atoms with van der Waals surface area (Å²) in [5.41, 5.74) is 3.73. The van der Waals surface area contributed by atoms with Gasteiger partial charge >= 0.3 is 5.97 Å². The molecule has 5 heteroatoms. The lowest BCUT2D eigenvalue weighted by Crippen LogP contribution is -2.24. The van der Waals surface area contributed by atoms with Crippen molar-refractivity contribution in [3.8, 4) is 0 Å². The lowest BCUT2D eigenvalue weighted by molar-refractivity contribution is 0.0697. The van der Waals surface area contributed by atoms with Gasteiger partial charge in [-0.25, -0.2) is 13.2 Å². The standard InChI is InChI=1S/C23H24O4S/c1-4-28(26,27)21-13-14-23(2,3)20-12-9-17(15-19(20)21)6-5-16-7-10-18(11-8-16)22(24)25/h5-13,15H,4,14H2,1-3H3,(H,24,25). The average Bonchev–Trinajstić information content (AvgIpc) is 2.66. The van der Waals surface area contributed by atoms with Crippen LogP contribution in [0.1, 0.15) is 59.8 Å². The van der Waals surface area contributed by atoms with E-state index in [1.807, 2.05) is 36.4 Å². The first kappa shape index (κ1) is 20.1. The number of rotatable bonds is 5. The molecule has 1 aliphatic carbocycles. The second-order valence-electron chi connectivity index (χ2n) is 7.63. The van der Waals surface area contributed by atoms with E-state index in [9.17, 15) is 13.2 Å². The molecule has 0 aliphatic heterocycles. The van der Waals surface area contributed by atoms with Crippen molar-refractivity contribution < 1.29 is 18.3 Å². The maximum absolute atomic E-state index is 12.6. The highest BCUT2D eigenvalue weighted by Crippen LogP contribution is 2.41. The fourth-order valence-corrected chi connectivity index (χ4v) is 4.56. The number of sulfone groups is 1. The summed E-state index contributed by atoms with van der Waals surface area (Å²) in [6.45, 7) is 5.91. The van der Waals surface area contributed by atoms with Crippen LogP contribution in [-0.2, 0) is 15.3 Å². The van der Waals surface area contributed by atoms with Crippen LogP contribution in [-0.4, -0.2) is 25.2 Å². The largest absolute Gasteiger partial charge is 0.478 e. The van der Waals surface area contributed by atoms with Gasteiger partial charge in [-0.1, -0.05) is 63.3 Å². The molecule has 146 valence electrons. The van der Waals surface area contributed by atoms with Crippen molar-refractivity contribution in [1.29, 1.82) is 0 Å². The molecule has 0 heterocycles. The summed E-state index contributed by atoms with van der Waals surface area (Å²) in [6, 6.07) is 12.5. The van der Waals surface area contributed by atoms with Gasteiger partial charge in [-0.2, -0.15) is 0 Å². The molecule has 0 unspecified atom stereocenters. The highest BCUT2D eigenvalue weighted by molar-refractivity contribution is 8.00. The van der Waals surface area contributed by atoms with Crippen LogP contribution in [0.5, 0.6) is 0 Å². The molecule has 0 spiro atoms. The van der Waals surface area contributed by atoms with Gasteiger partial charge < -0.3 is 5.11 Å². The first-order valence-electron chi connectivity index (χ1n) is 9.23. The molecule has 0 bridgehead atoms. The van der Waals surface area contributed by atoms with E-state index in [-0.39, 0.29) is 16.7 Å². The van der Waals surface area contributed by atoms with Gasteiger partial charge in [0.25, 0.3) is 0 Å². The Bertz CT molecular complexity index is 1070. The molecular formula is C23H24O4S. The quantitative estimate of drug-likeness (QED) is 0.721. The van der Waals surface area contributed by atoms with E-state index in [4.69, 9.17) is 5.11 Å². The predicted octanol–water partition coefficient (Wildman–Crippen LogP) is 5.01. The summed E-state index contributed by atoms with van der Waals surface area (Å²) in [5.74, 6) is -0.876. The summed E-state index contributed by atoms with van der Waals surface area (Å²) >= 11 is 0. The van der Waals surface area contributed by atoms with E-state index in [1.54, 1.807) is 31.2 Å². The third kappa shape index (κ3) is 3.94. The third-order valence-electron chi connectivity index (χ3n) is 5.18. The van der Waals surface area contributed by atoms with Crippen molar-refractivity contribution in [3.05, 3.63) is 76.4 Å². The van der Waals surface area contributed by atoms with Crippen LogP contribution in [0.15, 0.2) is 48.5 Å². The van der Waals surface area contributed by atoms with Gasteiger partial charge in [0, 0.05) is 0 Å². The van der Waals surface area contributed by atoms with Crippen LogP contribution in [0, 0.1) is 0 Å². The Morgan fingerprint density at radius 2 is 1.68 bits per heavy atom. The molecular weight excluding hydrogens is 372 g/mol. The van der Waals surface area contributed by atoms with Crippen LogP contribution in [0.25, 0.3) is 17.1 Å². The lowest BCUT2D eigenvalue weighted by atomic mass is 9.75. The predicted molar refractivity (Wildman–Crippen MR) is 114 cm³/mol. The highest BCUT2D eigenvalue weighted by atomic mass is 32.2. The molecule has 1 aliphatic rings. The number of allylic oxidation sites excluding steroid dienone is 1. The Morgan fingerprint density at radius 3 is 2.29 bits per heavy atom. The van der Waals surface area contributed by atoms with E-state index in [2.05, 4.69) is 13.8 Å². The summed E-state index contributed by atoms with van der Waals surface area (Å²) in [5, 5.41) is 8.98. The lowest BCUT2D eigenvalue weighted by Gasteiger charge is -2.32. The Hall–Kier alpha value is -2.66. The fourth-order valence-electron chi connectivity index (χ4n) is 3.41. The summed E-state index contributed by atoms with van der Waals surface area (Å²) in [6.07, 6.45) is 6.34. The van der Waals surface area contributed by atoms with Gasteiger partial charge in [0.1, 0.15) is 0 Å². The second kappa shape index (κ2) is 7.40. The monoisotopic (exact) mass is 396 g/mol. The molecule has 2 aromatic carbocycles. The van der Waals surface area contributed by atoms with Crippen molar-refractivity contribution in [2.75, 3.05) is 5.75 Å². The SMILES string of the molecule is CCS(=O)(=O)C1=CCC(C)(C)c2ccc(C=Cc3ccc(C(=O)O)cc3)cc21. The minimum absolute atomic E-state index is 0.0781. The molecule has 0 fully saturated rings. The molecule has 2 aromatic rings. The molecule has 0 saturated carbocycles. The number of carboxylic acids is 1. The minimum atomic E-state index is -3.30. The molecule has 0 aromatic heterocycles. The first-order valence-corrected chi connectivity index (χ1v) is 10.9. The molecule has 3 rings (SSSR count). The Morgan fingerprint density at radius 1 is 1.07 bits per heavy atom. The number of fused-ring (bicyclic) bond motifs is 1. The number of hydrogen-bond acceptors (Lipinski definition) is 3. The molecule has 0 radical (unpaired) electrons. The molecule has 0 atom stereocenters. The van der Waals surface area contributed by atoms with E-state index >= 15 is 0 Å². The van der Waals surface area contributed by atoms with Crippen molar-refractivity contribution in [3.63, 3.8) is 0 Å². The van der Waals surface area contributed by atoms with E-state index < -0.39 is 15.8 Å². The zero-order valence-corrected chi connectivity index (χ0v) is 17.1. The number of benzene rings is 2.